The van der Waals surface area contributed by atoms with Crippen LogP contribution >= 0.6 is 0 Å². The first-order chi connectivity index (χ1) is 12.7. The van der Waals surface area contributed by atoms with E-state index in [1.165, 1.54) is 29.3 Å². The predicted molar refractivity (Wildman–Crippen MR) is 102 cm³/mol. The molecule has 0 radical (unpaired) electrons. The number of fused-ring (bicyclic) bond motifs is 3. The van der Waals surface area contributed by atoms with Crippen molar-refractivity contribution in [3.63, 3.8) is 0 Å². The second-order valence-electron chi connectivity index (χ2n) is 7.57. The molecule has 26 heavy (non-hydrogen) atoms. The van der Waals surface area contributed by atoms with Gasteiger partial charge in [-0.05, 0) is 61.3 Å². The number of rotatable bonds is 2. The standard InChI is InChI=1S/C21H24FN3O/c1-13-8-15(22)2-3-19(13)24-16-9-14-12-26-7-6-25-20-4-5-23-11-18(20)17(10-16)21(14)25/h2-3,8-10,18,20,23-24H,4-7,11-12H2,1H3/t18-,20-/m0/s1. The smallest absolute Gasteiger partial charge is 0.123 e. The minimum Gasteiger partial charge on any atom is -0.375 e. The van der Waals surface area contributed by atoms with Crippen molar-refractivity contribution in [3.05, 3.63) is 52.8 Å². The number of piperidine rings is 1. The maximum absolute atomic E-state index is 13.4. The lowest BCUT2D eigenvalue weighted by Crippen LogP contribution is -2.44. The van der Waals surface area contributed by atoms with Crippen molar-refractivity contribution in [2.75, 3.05) is 36.5 Å². The van der Waals surface area contributed by atoms with Gasteiger partial charge in [-0.15, -0.1) is 0 Å². The molecule has 2 aromatic carbocycles. The molecule has 0 aromatic heterocycles. The minimum atomic E-state index is -0.200. The molecule has 0 aliphatic carbocycles. The van der Waals surface area contributed by atoms with Crippen molar-refractivity contribution >= 4 is 17.1 Å². The molecule has 0 bridgehead atoms. The number of aryl methyl sites for hydroxylation is 1. The number of halogens is 1. The van der Waals surface area contributed by atoms with E-state index in [0.29, 0.717) is 18.6 Å². The number of hydrogen-bond acceptors (Lipinski definition) is 4. The van der Waals surface area contributed by atoms with Crippen LogP contribution in [-0.4, -0.2) is 32.3 Å². The third-order valence-electron chi connectivity index (χ3n) is 5.95. The molecule has 0 saturated carbocycles. The maximum atomic E-state index is 13.4. The zero-order valence-electron chi connectivity index (χ0n) is 15.0. The van der Waals surface area contributed by atoms with Crippen LogP contribution in [0.1, 0.15) is 29.0 Å². The van der Waals surface area contributed by atoms with Gasteiger partial charge in [0.25, 0.3) is 0 Å². The van der Waals surface area contributed by atoms with E-state index in [0.717, 1.165) is 43.2 Å². The van der Waals surface area contributed by atoms with E-state index in [9.17, 15) is 4.39 Å². The van der Waals surface area contributed by atoms with Gasteiger partial charge in [0.05, 0.1) is 13.2 Å². The van der Waals surface area contributed by atoms with E-state index < -0.39 is 0 Å². The molecular weight excluding hydrogens is 329 g/mol. The summed E-state index contributed by atoms with van der Waals surface area (Å²) in [6, 6.07) is 9.95. The summed E-state index contributed by atoms with van der Waals surface area (Å²) in [5.74, 6) is 0.334. The Balaban J connectivity index is 1.57. The van der Waals surface area contributed by atoms with Gasteiger partial charge in [0, 0.05) is 47.7 Å². The second-order valence-corrected chi connectivity index (χ2v) is 7.57. The Bertz CT molecular complexity index is 853. The molecule has 2 aromatic rings. The summed E-state index contributed by atoms with van der Waals surface area (Å²) in [6.45, 7) is 6.47. The maximum Gasteiger partial charge on any atom is 0.123 e. The Kier molecular flexibility index (Phi) is 3.87. The predicted octanol–water partition coefficient (Wildman–Crippen LogP) is 3.67. The fourth-order valence-corrected chi connectivity index (χ4v) is 4.78. The average molecular weight is 353 g/mol. The molecule has 0 spiro atoms. The van der Waals surface area contributed by atoms with Crippen molar-refractivity contribution in [3.8, 4) is 0 Å². The summed E-state index contributed by atoms with van der Waals surface area (Å²) in [5.41, 5.74) is 6.99. The molecule has 2 atom stereocenters. The van der Waals surface area contributed by atoms with E-state index in [-0.39, 0.29) is 5.82 Å². The lowest BCUT2D eigenvalue weighted by atomic mass is 9.89. The first kappa shape index (κ1) is 16.1. The lowest BCUT2D eigenvalue weighted by Gasteiger charge is -2.33. The second kappa shape index (κ2) is 6.25. The molecule has 0 unspecified atom stereocenters. The Morgan fingerprint density at radius 1 is 1.27 bits per heavy atom. The Morgan fingerprint density at radius 2 is 2.19 bits per heavy atom. The van der Waals surface area contributed by atoms with Gasteiger partial charge in [0.1, 0.15) is 5.82 Å². The van der Waals surface area contributed by atoms with Crippen LogP contribution in [0.3, 0.4) is 0 Å². The first-order valence-corrected chi connectivity index (χ1v) is 9.46. The summed E-state index contributed by atoms with van der Waals surface area (Å²) in [5, 5.41) is 7.06. The van der Waals surface area contributed by atoms with Crippen molar-refractivity contribution in [2.24, 2.45) is 0 Å². The van der Waals surface area contributed by atoms with E-state index in [1.54, 1.807) is 6.07 Å². The monoisotopic (exact) mass is 353 g/mol. The molecule has 4 nitrogen and oxygen atoms in total. The highest BCUT2D eigenvalue weighted by Crippen LogP contribution is 2.47. The van der Waals surface area contributed by atoms with Crippen LogP contribution in [0.25, 0.3) is 0 Å². The molecule has 136 valence electrons. The number of benzene rings is 2. The van der Waals surface area contributed by atoms with Crippen LogP contribution < -0.4 is 15.5 Å². The molecule has 3 aliphatic rings. The lowest BCUT2D eigenvalue weighted by molar-refractivity contribution is 0.130. The first-order valence-electron chi connectivity index (χ1n) is 9.46. The highest BCUT2D eigenvalue weighted by atomic mass is 19.1. The van der Waals surface area contributed by atoms with E-state index in [1.807, 2.05) is 13.0 Å². The highest BCUT2D eigenvalue weighted by Gasteiger charge is 2.41. The van der Waals surface area contributed by atoms with Gasteiger partial charge in [-0.25, -0.2) is 4.39 Å². The number of hydrogen-bond donors (Lipinski definition) is 2. The van der Waals surface area contributed by atoms with Crippen LogP contribution in [0, 0.1) is 12.7 Å². The summed E-state index contributed by atoms with van der Waals surface area (Å²) in [7, 11) is 0. The Labute approximate surface area is 153 Å². The third kappa shape index (κ3) is 2.58. The van der Waals surface area contributed by atoms with E-state index >= 15 is 0 Å². The molecule has 0 amide bonds. The summed E-state index contributed by atoms with van der Waals surface area (Å²) in [4.78, 5) is 2.58. The Hall–Kier alpha value is -2.11. The molecule has 2 N–H and O–H groups in total. The van der Waals surface area contributed by atoms with Gasteiger partial charge in [-0.2, -0.15) is 0 Å². The Morgan fingerprint density at radius 3 is 3.08 bits per heavy atom. The topological polar surface area (TPSA) is 36.5 Å². The third-order valence-corrected chi connectivity index (χ3v) is 5.95. The molecule has 1 fully saturated rings. The highest BCUT2D eigenvalue weighted by molar-refractivity contribution is 5.75. The van der Waals surface area contributed by atoms with Gasteiger partial charge in [0.15, 0.2) is 0 Å². The van der Waals surface area contributed by atoms with Crippen molar-refractivity contribution in [2.45, 2.75) is 31.9 Å². The fourth-order valence-electron chi connectivity index (χ4n) is 4.78. The number of ether oxygens (including phenoxy) is 1. The molecular formula is C21H24FN3O. The van der Waals surface area contributed by atoms with Crippen LogP contribution in [0.2, 0.25) is 0 Å². The van der Waals surface area contributed by atoms with Gasteiger partial charge in [-0.1, -0.05) is 0 Å². The van der Waals surface area contributed by atoms with Crippen molar-refractivity contribution in [1.82, 2.24) is 5.32 Å². The number of nitrogens with one attached hydrogen (secondary N) is 2. The fraction of sp³-hybridized carbons (Fsp3) is 0.429. The van der Waals surface area contributed by atoms with Crippen LogP contribution in [0.15, 0.2) is 30.3 Å². The van der Waals surface area contributed by atoms with E-state index in [4.69, 9.17) is 4.74 Å². The van der Waals surface area contributed by atoms with Gasteiger partial charge < -0.3 is 20.3 Å². The van der Waals surface area contributed by atoms with Gasteiger partial charge in [-0.3, -0.25) is 0 Å². The van der Waals surface area contributed by atoms with E-state index in [2.05, 4.69) is 27.7 Å². The molecule has 3 heterocycles. The van der Waals surface area contributed by atoms with Crippen LogP contribution in [0.5, 0.6) is 0 Å². The zero-order chi connectivity index (χ0) is 17.7. The quantitative estimate of drug-likeness (QED) is 0.864. The number of nitrogens with zero attached hydrogens (tertiary/aromatic N) is 1. The SMILES string of the molecule is Cc1cc(F)ccc1Nc1cc2c3c(c1)[C@@H]1CNCC[C@@H]1N3CCOC2. The minimum absolute atomic E-state index is 0.200. The zero-order valence-corrected chi connectivity index (χ0v) is 15.0. The summed E-state index contributed by atoms with van der Waals surface area (Å²) < 4.78 is 19.3. The average Bonchev–Trinajstić information content (AvgIpc) is 2.80. The molecule has 1 saturated heterocycles. The largest absolute Gasteiger partial charge is 0.375 e. The van der Waals surface area contributed by atoms with Crippen molar-refractivity contribution < 1.29 is 9.13 Å². The molecule has 5 rings (SSSR count). The van der Waals surface area contributed by atoms with Crippen molar-refractivity contribution in [1.29, 1.82) is 0 Å². The van der Waals surface area contributed by atoms with Gasteiger partial charge >= 0.3 is 0 Å². The summed E-state index contributed by atoms with van der Waals surface area (Å²) >= 11 is 0. The molecule has 3 aliphatic heterocycles. The summed E-state index contributed by atoms with van der Waals surface area (Å²) in [6.07, 6.45) is 1.18. The van der Waals surface area contributed by atoms with Crippen LogP contribution in [0.4, 0.5) is 21.5 Å². The normalized spacial score (nSPS) is 24.0. The van der Waals surface area contributed by atoms with Gasteiger partial charge in [0.2, 0.25) is 0 Å². The molecule has 5 heteroatoms. The number of anilines is 3. The van der Waals surface area contributed by atoms with Crippen LogP contribution in [-0.2, 0) is 11.3 Å².